The van der Waals surface area contributed by atoms with Crippen molar-refractivity contribution >= 4 is 38.6 Å². The van der Waals surface area contributed by atoms with Gasteiger partial charge in [-0.2, -0.15) is 0 Å². The topological polar surface area (TPSA) is 38.1 Å². The number of imidazole rings is 1. The minimum Gasteiger partial charge on any atom is -0.331 e. The summed E-state index contributed by atoms with van der Waals surface area (Å²) in [6, 6.07) is 12.0. The van der Waals surface area contributed by atoms with Gasteiger partial charge in [0.25, 0.3) is 5.91 Å². The molecule has 0 N–H and O–H groups in total. The molecule has 1 unspecified atom stereocenters. The molecule has 2 heterocycles. The van der Waals surface area contributed by atoms with Crippen LogP contribution in [0.4, 0.5) is 5.69 Å². The lowest BCUT2D eigenvalue weighted by Gasteiger charge is -2.23. The van der Waals surface area contributed by atoms with Crippen LogP contribution in [0.15, 0.2) is 40.9 Å². The lowest BCUT2D eigenvalue weighted by Crippen LogP contribution is -2.35. The second-order valence-corrected chi connectivity index (χ2v) is 7.34. The number of rotatable bonds is 1. The van der Waals surface area contributed by atoms with Gasteiger partial charge in [-0.05, 0) is 62.2 Å². The number of hydrogen-bond donors (Lipinski definition) is 0. The molecule has 1 aromatic heterocycles. The molecule has 24 heavy (non-hydrogen) atoms. The summed E-state index contributed by atoms with van der Waals surface area (Å²) in [4.78, 5) is 19.6. The minimum absolute atomic E-state index is 0.0359. The quantitative estimate of drug-likeness (QED) is 0.630. The summed E-state index contributed by atoms with van der Waals surface area (Å²) < 4.78 is 3.09. The Morgan fingerprint density at radius 3 is 2.83 bits per heavy atom. The number of carbonyl (C=O) groups is 1. The van der Waals surface area contributed by atoms with Crippen molar-refractivity contribution in [2.45, 2.75) is 26.3 Å². The lowest BCUT2D eigenvalue weighted by atomic mass is 10.1. The van der Waals surface area contributed by atoms with Crippen LogP contribution in [0.1, 0.15) is 28.7 Å². The summed E-state index contributed by atoms with van der Waals surface area (Å²) in [6.45, 7) is 4.06. The van der Waals surface area contributed by atoms with Crippen molar-refractivity contribution in [3.05, 3.63) is 57.8 Å². The van der Waals surface area contributed by atoms with Crippen LogP contribution in [0.5, 0.6) is 0 Å². The van der Waals surface area contributed by atoms with Crippen molar-refractivity contribution in [1.82, 2.24) is 9.55 Å². The third-order valence-electron chi connectivity index (χ3n) is 4.83. The number of nitrogens with zero attached hydrogens (tertiary/aromatic N) is 3. The fourth-order valence-electron chi connectivity index (χ4n) is 3.50. The Hall–Kier alpha value is -2.14. The third kappa shape index (κ3) is 2.26. The van der Waals surface area contributed by atoms with Gasteiger partial charge in [0.05, 0.1) is 11.0 Å². The Bertz CT molecular complexity index is 976. The summed E-state index contributed by atoms with van der Waals surface area (Å²) in [6.07, 6.45) is 0.880. The van der Waals surface area contributed by atoms with E-state index in [1.807, 2.05) is 53.8 Å². The summed E-state index contributed by atoms with van der Waals surface area (Å²) in [5.74, 6) is 0.980. The van der Waals surface area contributed by atoms with Gasteiger partial charge >= 0.3 is 0 Å². The molecule has 122 valence electrons. The van der Waals surface area contributed by atoms with E-state index in [1.54, 1.807) is 0 Å². The molecular weight excluding hydrogens is 366 g/mol. The first-order valence-electron chi connectivity index (χ1n) is 8.01. The predicted molar refractivity (Wildman–Crippen MR) is 99.6 cm³/mol. The molecule has 4 nitrogen and oxygen atoms in total. The standard InChI is InChI=1S/C19H18BrN3O/c1-11-8-14-9-15(20)5-7-17(14)23(11)19(24)13-4-6-18-16(10-13)21-12(2)22(18)3/h4-7,9-11H,8H2,1-3H3. The summed E-state index contributed by atoms with van der Waals surface area (Å²) in [5, 5.41) is 0. The van der Waals surface area contributed by atoms with Crippen molar-refractivity contribution in [3.63, 3.8) is 0 Å². The first-order chi connectivity index (χ1) is 11.5. The third-order valence-corrected chi connectivity index (χ3v) is 5.32. The second-order valence-electron chi connectivity index (χ2n) is 6.42. The van der Waals surface area contributed by atoms with E-state index in [0.29, 0.717) is 5.56 Å². The van der Waals surface area contributed by atoms with Gasteiger partial charge in [-0.15, -0.1) is 0 Å². The Kier molecular flexibility index (Phi) is 3.49. The van der Waals surface area contributed by atoms with Crippen molar-refractivity contribution in [2.75, 3.05) is 4.90 Å². The maximum atomic E-state index is 13.1. The van der Waals surface area contributed by atoms with E-state index in [1.165, 1.54) is 5.56 Å². The number of halogens is 1. The number of amides is 1. The molecule has 0 fully saturated rings. The molecule has 2 aromatic carbocycles. The van der Waals surface area contributed by atoms with Crippen LogP contribution >= 0.6 is 15.9 Å². The number of fused-ring (bicyclic) bond motifs is 2. The summed E-state index contributed by atoms with van der Waals surface area (Å²) >= 11 is 3.51. The highest BCUT2D eigenvalue weighted by molar-refractivity contribution is 9.10. The number of hydrogen-bond acceptors (Lipinski definition) is 2. The molecule has 0 saturated carbocycles. The van der Waals surface area contributed by atoms with E-state index in [0.717, 1.165) is 33.4 Å². The molecule has 0 saturated heterocycles. The van der Waals surface area contributed by atoms with E-state index in [2.05, 4.69) is 33.9 Å². The monoisotopic (exact) mass is 383 g/mol. The second kappa shape index (κ2) is 5.45. The molecule has 1 amide bonds. The van der Waals surface area contributed by atoms with Gasteiger partial charge in [-0.1, -0.05) is 15.9 Å². The molecule has 5 heteroatoms. The molecule has 0 aliphatic carbocycles. The van der Waals surface area contributed by atoms with Gasteiger partial charge in [0.2, 0.25) is 0 Å². The minimum atomic E-state index is 0.0359. The largest absolute Gasteiger partial charge is 0.331 e. The van der Waals surface area contributed by atoms with Crippen LogP contribution in [0.25, 0.3) is 11.0 Å². The Balaban J connectivity index is 1.76. The average Bonchev–Trinajstić information content (AvgIpc) is 3.02. The van der Waals surface area contributed by atoms with Crippen LogP contribution in [-0.4, -0.2) is 21.5 Å². The first-order valence-corrected chi connectivity index (χ1v) is 8.80. The number of aryl methyl sites for hydroxylation is 2. The molecular formula is C19H18BrN3O. The highest BCUT2D eigenvalue weighted by Gasteiger charge is 2.31. The van der Waals surface area contributed by atoms with Crippen molar-refractivity contribution in [3.8, 4) is 0 Å². The number of benzene rings is 2. The molecule has 3 aromatic rings. The van der Waals surface area contributed by atoms with Crippen LogP contribution in [0, 0.1) is 6.92 Å². The van der Waals surface area contributed by atoms with Crippen LogP contribution < -0.4 is 4.90 Å². The van der Waals surface area contributed by atoms with E-state index in [-0.39, 0.29) is 11.9 Å². The Morgan fingerprint density at radius 1 is 1.25 bits per heavy atom. The fourth-order valence-corrected chi connectivity index (χ4v) is 3.91. The van der Waals surface area contributed by atoms with E-state index >= 15 is 0 Å². The normalized spacial score (nSPS) is 16.7. The van der Waals surface area contributed by atoms with Crippen LogP contribution in [0.2, 0.25) is 0 Å². The zero-order chi connectivity index (χ0) is 17.0. The summed E-state index contributed by atoms with van der Waals surface area (Å²) in [7, 11) is 1.99. The Labute approximate surface area is 149 Å². The fraction of sp³-hybridized carbons (Fsp3) is 0.263. The lowest BCUT2D eigenvalue weighted by molar-refractivity contribution is 0.0981. The van der Waals surface area contributed by atoms with Crippen molar-refractivity contribution in [2.24, 2.45) is 7.05 Å². The number of aromatic nitrogens is 2. The molecule has 0 radical (unpaired) electrons. The van der Waals surface area contributed by atoms with E-state index in [9.17, 15) is 4.79 Å². The highest BCUT2D eigenvalue weighted by atomic mass is 79.9. The SMILES string of the molecule is Cc1nc2cc(C(=O)N3c4ccc(Br)cc4CC3C)ccc2n1C. The number of carbonyl (C=O) groups excluding carboxylic acids is 1. The predicted octanol–water partition coefficient (Wildman–Crippen LogP) is 4.24. The average molecular weight is 384 g/mol. The molecule has 4 rings (SSSR count). The van der Waals surface area contributed by atoms with Gasteiger partial charge in [-0.25, -0.2) is 4.98 Å². The van der Waals surface area contributed by atoms with Crippen LogP contribution in [-0.2, 0) is 13.5 Å². The summed E-state index contributed by atoms with van der Waals surface area (Å²) in [5.41, 5.74) is 4.81. The number of anilines is 1. The molecule has 0 bridgehead atoms. The molecule has 0 spiro atoms. The van der Waals surface area contributed by atoms with E-state index in [4.69, 9.17) is 0 Å². The first kappa shape index (κ1) is 15.4. The Morgan fingerprint density at radius 2 is 2.04 bits per heavy atom. The van der Waals surface area contributed by atoms with E-state index < -0.39 is 0 Å². The molecule has 1 atom stereocenters. The van der Waals surface area contributed by atoms with Gasteiger partial charge < -0.3 is 9.47 Å². The zero-order valence-electron chi connectivity index (χ0n) is 13.9. The van der Waals surface area contributed by atoms with Crippen molar-refractivity contribution < 1.29 is 4.79 Å². The van der Waals surface area contributed by atoms with Gasteiger partial charge in [0, 0.05) is 28.8 Å². The molecule has 1 aliphatic heterocycles. The maximum absolute atomic E-state index is 13.1. The van der Waals surface area contributed by atoms with Crippen molar-refractivity contribution in [1.29, 1.82) is 0 Å². The zero-order valence-corrected chi connectivity index (χ0v) is 15.5. The van der Waals surface area contributed by atoms with Gasteiger partial charge in [0.15, 0.2) is 0 Å². The molecule has 1 aliphatic rings. The van der Waals surface area contributed by atoms with Gasteiger partial charge in [0.1, 0.15) is 5.82 Å². The smallest absolute Gasteiger partial charge is 0.258 e. The highest BCUT2D eigenvalue weighted by Crippen LogP contribution is 2.35. The van der Waals surface area contributed by atoms with Crippen LogP contribution in [0.3, 0.4) is 0 Å². The van der Waals surface area contributed by atoms with Gasteiger partial charge in [-0.3, -0.25) is 4.79 Å². The maximum Gasteiger partial charge on any atom is 0.258 e.